The van der Waals surface area contributed by atoms with Crippen molar-refractivity contribution in [2.45, 2.75) is 6.04 Å². The lowest BCUT2D eigenvalue weighted by Gasteiger charge is -2.21. The zero-order valence-electron chi connectivity index (χ0n) is 10.2. The molecule has 1 heterocycles. The number of likely N-dealkylation sites (N-methyl/N-ethyl adjacent to an activating group) is 1. The van der Waals surface area contributed by atoms with Gasteiger partial charge in [-0.1, -0.05) is 12.1 Å². The van der Waals surface area contributed by atoms with Crippen LogP contribution in [0.25, 0.3) is 11.1 Å². The van der Waals surface area contributed by atoms with Gasteiger partial charge in [0, 0.05) is 6.08 Å². The zero-order chi connectivity index (χ0) is 13.1. The highest BCUT2D eigenvalue weighted by atomic mass is 16.4. The fourth-order valence-electron chi connectivity index (χ4n) is 1.81. The molecule has 1 aromatic carbocycles. The van der Waals surface area contributed by atoms with Crippen LogP contribution in [0.5, 0.6) is 0 Å². The minimum absolute atomic E-state index is 0.115. The van der Waals surface area contributed by atoms with Gasteiger partial charge in [0.25, 0.3) is 0 Å². The highest BCUT2D eigenvalue weighted by molar-refractivity contribution is 5.80. The molecule has 5 nitrogen and oxygen atoms in total. The Balaban J connectivity index is 2.37. The van der Waals surface area contributed by atoms with Crippen LogP contribution in [0.4, 0.5) is 0 Å². The molecule has 0 bridgehead atoms. The molecule has 0 saturated heterocycles. The molecule has 0 amide bonds. The molecule has 18 heavy (non-hydrogen) atoms. The van der Waals surface area contributed by atoms with Crippen LogP contribution in [-0.2, 0) is 4.79 Å². The Morgan fingerprint density at radius 2 is 2.28 bits per heavy atom. The number of carboxylic acids is 1. The number of carboxylic acid groups (broad SMARTS) is 1. The summed E-state index contributed by atoms with van der Waals surface area (Å²) in [5.74, 6) is -0.956. The number of hydrogen-bond donors (Lipinski definition) is 1. The predicted molar refractivity (Wildman–Crippen MR) is 67.2 cm³/mol. The molecule has 2 rings (SSSR count). The number of oxazole rings is 1. The first kappa shape index (κ1) is 12.3. The van der Waals surface area contributed by atoms with Crippen LogP contribution in [0.1, 0.15) is 11.6 Å². The Hall–Kier alpha value is -2.14. The van der Waals surface area contributed by atoms with E-state index in [0.717, 1.165) is 17.2 Å². The molecule has 0 saturated carbocycles. The predicted octanol–water partition coefficient (Wildman–Crippen LogP) is 2.07. The molecular formula is C13H14N2O3. The van der Waals surface area contributed by atoms with Gasteiger partial charge in [0.05, 0.1) is 6.04 Å². The number of benzene rings is 1. The van der Waals surface area contributed by atoms with E-state index < -0.39 is 5.97 Å². The highest BCUT2D eigenvalue weighted by Crippen LogP contribution is 2.23. The first-order valence-electron chi connectivity index (χ1n) is 5.48. The van der Waals surface area contributed by atoms with E-state index >= 15 is 0 Å². The van der Waals surface area contributed by atoms with Gasteiger partial charge in [0.2, 0.25) is 0 Å². The van der Waals surface area contributed by atoms with Crippen LogP contribution >= 0.6 is 0 Å². The number of carbonyl (C=O) groups is 1. The standard InChI is InChI=1S/C13H14N2O3/c1-15(2)11(5-6-13(16)17)9-3-4-10-12(7-9)18-8-14-10/h3-8,11H,1-2H3,(H,16,17)/b6-5+. The molecule has 1 unspecified atom stereocenters. The third kappa shape index (κ3) is 2.57. The van der Waals surface area contributed by atoms with E-state index in [-0.39, 0.29) is 6.04 Å². The SMILES string of the molecule is CN(C)C(/C=C/C(=O)O)c1ccc2ncoc2c1. The van der Waals surface area contributed by atoms with Crippen LogP contribution in [0.15, 0.2) is 41.2 Å². The molecule has 1 N–H and O–H groups in total. The van der Waals surface area contributed by atoms with Crippen LogP contribution in [0.3, 0.4) is 0 Å². The van der Waals surface area contributed by atoms with Crippen molar-refractivity contribution in [1.82, 2.24) is 9.88 Å². The van der Waals surface area contributed by atoms with Crippen molar-refractivity contribution in [3.63, 3.8) is 0 Å². The maximum Gasteiger partial charge on any atom is 0.328 e. The van der Waals surface area contributed by atoms with Crippen LogP contribution in [0, 0.1) is 0 Å². The van der Waals surface area contributed by atoms with Gasteiger partial charge < -0.3 is 9.52 Å². The van der Waals surface area contributed by atoms with E-state index in [1.54, 1.807) is 6.08 Å². The Bertz CT molecular complexity index is 587. The molecule has 0 aliphatic carbocycles. The number of nitrogens with zero attached hydrogens (tertiary/aromatic N) is 2. The summed E-state index contributed by atoms with van der Waals surface area (Å²) in [7, 11) is 3.78. The monoisotopic (exact) mass is 246 g/mol. The van der Waals surface area contributed by atoms with E-state index in [2.05, 4.69) is 4.98 Å². The lowest BCUT2D eigenvalue weighted by molar-refractivity contribution is -0.131. The van der Waals surface area contributed by atoms with Crippen molar-refractivity contribution in [2.75, 3.05) is 14.1 Å². The van der Waals surface area contributed by atoms with Gasteiger partial charge in [0.1, 0.15) is 5.52 Å². The second-order valence-electron chi connectivity index (χ2n) is 4.19. The van der Waals surface area contributed by atoms with E-state index in [9.17, 15) is 4.79 Å². The summed E-state index contributed by atoms with van der Waals surface area (Å²) in [6, 6.07) is 5.54. The number of rotatable bonds is 4. The zero-order valence-corrected chi connectivity index (χ0v) is 10.2. The maximum absolute atomic E-state index is 10.6. The Kier molecular flexibility index (Phi) is 3.43. The van der Waals surface area contributed by atoms with Gasteiger partial charge in [-0.25, -0.2) is 9.78 Å². The normalized spacial score (nSPS) is 13.5. The fraction of sp³-hybridized carbons (Fsp3) is 0.231. The molecule has 5 heteroatoms. The third-order valence-electron chi connectivity index (χ3n) is 2.67. The van der Waals surface area contributed by atoms with Crippen molar-refractivity contribution in [3.05, 3.63) is 42.3 Å². The number of aromatic nitrogens is 1. The minimum Gasteiger partial charge on any atom is -0.478 e. The summed E-state index contributed by atoms with van der Waals surface area (Å²) in [6.07, 6.45) is 4.18. The number of fused-ring (bicyclic) bond motifs is 1. The molecule has 0 radical (unpaired) electrons. The van der Waals surface area contributed by atoms with Crippen molar-refractivity contribution >= 4 is 17.1 Å². The van der Waals surface area contributed by atoms with Crippen LogP contribution in [-0.4, -0.2) is 35.1 Å². The molecular weight excluding hydrogens is 232 g/mol. The van der Waals surface area contributed by atoms with Crippen LogP contribution < -0.4 is 0 Å². The number of aliphatic carboxylic acids is 1. The lowest BCUT2D eigenvalue weighted by atomic mass is 10.0. The van der Waals surface area contributed by atoms with Gasteiger partial charge >= 0.3 is 5.97 Å². The van der Waals surface area contributed by atoms with Gasteiger partial charge in [0.15, 0.2) is 12.0 Å². The third-order valence-corrected chi connectivity index (χ3v) is 2.67. The van der Waals surface area contributed by atoms with E-state index in [4.69, 9.17) is 9.52 Å². The smallest absolute Gasteiger partial charge is 0.328 e. The van der Waals surface area contributed by atoms with Crippen LogP contribution in [0.2, 0.25) is 0 Å². The van der Waals surface area contributed by atoms with Gasteiger partial charge in [-0.05, 0) is 31.8 Å². The van der Waals surface area contributed by atoms with E-state index in [0.29, 0.717) is 5.58 Å². The average Bonchev–Trinajstić information content (AvgIpc) is 2.75. The first-order valence-corrected chi connectivity index (χ1v) is 5.48. The molecule has 94 valence electrons. The topological polar surface area (TPSA) is 66.6 Å². The summed E-state index contributed by atoms with van der Waals surface area (Å²) in [6.45, 7) is 0. The second-order valence-corrected chi connectivity index (χ2v) is 4.19. The van der Waals surface area contributed by atoms with Crippen molar-refractivity contribution in [1.29, 1.82) is 0 Å². The second kappa shape index (κ2) is 5.01. The molecule has 0 aliphatic heterocycles. The number of hydrogen-bond acceptors (Lipinski definition) is 4. The first-order chi connectivity index (χ1) is 8.58. The average molecular weight is 246 g/mol. The fourth-order valence-corrected chi connectivity index (χ4v) is 1.81. The van der Waals surface area contributed by atoms with Crippen molar-refractivity contribution in [2.24, 2.45) is 0 Å². The molecule has 0 fully saturated rings. The molecule has 1 aromatic heterocycles. The quantitative estimate of drug-likeness (QED) is 0.836. The minimum atomic E-state index is -0.956. The van der Waals surface area contributed by atoms with Crippen molar-refractivity contribution < 1.29 is 14.3 Å². The summed E-state index contributed by atoms with van der Waals surface area (Å²) in [4.78, 5) is 16.6. The van der Waals surface area contributed by atoms with Crippen molar-refractivity contribution in [3.8, 4) is 0 Å². The molecule has 0 aliphatic rings. The van der Waals surface area contributed by atoms with Gasteiger partial charge in [-0.15, -0.1) is 0 Å². The Morgan fingerprint density at radius 1 is 1.50 bits per heavy atom. The maximum atomic E-state index is 10.6. The summed E-state index contributed by atoms with van der Waals surface area (Å²) >= 11 is 0. The van der Waals surface area contributed by atoms with E-state index in [1.165, 1.54) is 6.39 Å². The van der Waals surface area contributed by atoms with Gasteiger partial charge in [-0.3, -0.25) is 4.90 Å². The molecule has 0 spiro atoms. The Labute approximate surface area is 104 Å². The largest absolute Gasteiger partial charge is 0.478 e. The summed E-state index contributed by atoms with van der Waals surface area (Å²) < 4.78 is 5.24. The summed E-state index contributed by atoms with van der Waals surface area (Å²) in [5.41, 5.74) is 2.45. The Morgan fingerprint density at radius 3 is 2.94 bits per heavy atom. The lowest BCUT2D eigenvalue weighted by Crippen LogP contribution is -2.18. The molecule has 1 atom stereocenters. The van der Waals surface area contributed by atoms with E-state index in [1.807, 2.05) is 37.2 Å². The summed E-state index contributed by atoms with van der Waals surface area (Å²) in [5, 5.41) is 8.70. The molecule has 2 aromatic rings. The van der Waals surface area contributed by atoms with Gasteiger partial charge in [-0.2, -0.15) is 0 Å². The highest BCUT2D eigenvalue weighted by Gasteiger charge is 2.12.